The number of hydrogen-bond acceptors (Lipinski definition) is 3. The minimum atomic E-state index is -0.419. The first-order valence-electron chi connectivity index (χ1n) is 9.60. The maximum atomic E-state index is 13.4. The molecule has 1 aromatic heterocycles. The molecule has 4 rings (SSSR count). The van der Waals surface area contributed by atoms with E-state index in [2.05, 4.69) is 5.32 Å². The highest BCUT2D eigenvalue weighted by molar-refractivity contribution is 5.94. The summed E-state index contributed by atoms with van der Waals surface area (Å²) < 4.78 is 19.4. The highest BCUT2D eigenvalue weighted by Gasteiger charge is 2.25. The number of rotatable bonds is 4. The molecule has 5 nitrogen and oxygen atoms in total. The fourth-order valence-electron chi connectivity index (χ4n) is 3.42. The summed E-state index contributed by atoms with van der Waals surface area (Å²) in [5.41, 5.74) is 2.95. The molecule has 0 atom stereocenters. The molecule has 1 aliphatic rings. The van der Waals surface area contributed by atoms with E-state index in [1.807, 2.05) is 30.3 Å². The Kier molecular flexibility index (Phi) is 5.16. The summed E-state index contributed by atoms with van der Waals surface area (Å²) in [7, 11) is 0. The fraction of sp³-hybridized carbons (Fsp3) is 0.217. The van der Waals surface area contributed by atoms with Crippen molar-refractivity contribution < 1.29 is 18.4 Å². The average Bonchev–Trinajstić information content (AvgIpc) is 3.17. The number of fused-ring (bicyclic) bond motifs is 1. The molecule has 29 heavy (non-hydrogen) atoms. The van der Waals surface area contributed by atoms with Crippen molar-refractivity contribution in [2.45, 2.75) is 26.3 Å². The van der Waals surface area contributed by atoms with Crippen LogP contribution < -0.4 is 5.32 Å². The predicted octanol–water partition coefficient (Wildman–Crippen LogP) is 4.63. The van der Waals surface area contributed by atoms with Gasteiger partial charge < -0.3 is 14.6 Å². The Balaban J connectivity index is 1.50. The van der Waals surface area contributed by atoms with E-state index in [9.17, 15) is 14.0 Å². The van der Waals surface area contributed by atoms with Crippen molar-refractivity contribution >= 4 is 17.5 Å². The summed E-state index contributed by atoms with van der Waals surface area (Å²) in [5.74, 6) is 0.955. The van der Waals surface area contributed by atoms with Crippen LogP contribution in [0.15, 0.2) is 59.0 Å². The lowest BCUT2D eigenvalue weighted by atomic mass is 10.1. The van der Waals surface area contributed by atoms with E-state index in [0.29, 0.717) is 31.5 Å². The molecule has 0 fully saturated rings. The van der Waals surface area contributed by atoms with Gasteiger partial charge in [0.25, 0.3) is 5.91 Å². The molecule has 0 bridgehead atoms. The number of halogens is 1. The molecular weight excluding hydrogens is 371 g/mol. The van der Waals surface area contributed by atoms with Gasteiger partial charge in [0.1, 0.15) is 17.3 Å². The maximum absolute atomic E-state index is 13.4. The molecule has 0 unspecified atom stereocenters. The van der Waals surface area contributed by atoms with Crippen molar-refractivity contribution in [2.75, 3.05) is 11.9 Å². The molecule has 2 amide bonds. The van der Waals surface area contributed by atoms with Crippen LogP contribution in [0.25, 0.3) is 11.3 Å². The predicted molar refractivity (Wildman–Crippen MR) is 108 cm³/mol. The van der Waals surface area contributed by atoms with E-state index in [4.69, 9.17) is 4.42 Å². The Labute approximate surface area is 168 Å². The Morgan fingerprint density at radius 3 is 2.66 bits per heavy atom. The zero-order valence-electron chi connectivity index (χ0n) is 16.1. The van der Waals surface area contributed by atoms with E-state index in [1.165, 1.54) is 12.1 Å². The lowest BCUT2D eigenvalue weighted by Gasteiger charge is -2.26. The summed E-state index contributed by atoms with van der Waals surface area (Å²) in [6.45, 7) is 2.76. The molecule has 2 aromatic carbocycles. The van der Waals surface area contributed by atoms with Gasteiger partial charge >= 0.3 is 0 Å². The van der Waals surface area contributed by atoms with Gasteiger partial charge in [-0.25, -0.2) is 4.39 Å². The van der Waals surface area contributed by atoms with Gasteiger partial charge in [-0.2, -0.15) is 0 Å². The van der Waals surface area contributed by atoms with Crippen LogP contribution in [0.5, 0.6) is 0 Å². The molecule has 3 aromatic rings. The second kappa shape index (κ2) is 7.91. The summed E-state index contributed by atoms with van der Waals surface area (Å²) in [5, 5.41) is 2.82. The Morgan fingerprint density at radius 2 is 1.93 bits per heavy atom. The van der Waals surface area contributed by atoms with E-state index < -0.39 is 5.82 Å². The minimum Gasteiger partial charge on any atom is -0.461 e. The van der Waals surface area contributed by atoms with Crippen LogP contribution >= 0.6 is 0 Å². The molecule has 148 valence electrons. The highest BCUT2D eigenvalue weighted by Crippen LogP contribution is 2.30. The van der Waals surface area contributed by atoms with Gasteiger partial charge in [0.15, 0.2) is 0 Å². The fourth-order valence-corrected chi connectivity index (χ4v) is 3.42. The van der Waals surface area contributed by atoms with Crippen molar-refractivity contribution in [1.29, 1.82) is 0 Å². The van der Waals surface area contributed by atoms with Crippen LogP contribution in [-0.4, -0.2) is 23.3 Å². The van der Waals surface area contributed by atoms with Crippen molar-refractivity contribution in [3.63, 3.8) is 0 Å². The Morgan fingerprint density at radius 1 is 1.14 bits per heavy atom. The van der Waals surface area contributed by atoms with E-state index in [0.717, 1.165) is 28.3 Å². The number of carbonyl (C=O) groups is 2. The average molecular weight is 392 g/mol. The Bertz CT molecular complexity index is 1060. The number of carbonyl (C=O) groups excluding carboxylic acids is 2. The topological polar surface area (TPSA) is 62.6 Å². The number of nitrogens with one attached hydrogen (secondary N) is 1. The van der Waals surface area contributed by atoms with Gasteiger partial charge in [-0.3, -0.25) is 9.59 Å². The molecule has 6 heteroatoms. The molecular formula is C23H21FN2O3. The normalized spacial score (nSPS) is 13.1. The van der Waals surface area contributed by atoms with Crippen LogP contribution in [0.4, 0.5) is 10.1 Å². The zero-order valence-corrected chi connectivity index (χ0v) is 16.1. The highest BCUT2D eigenvalue weighted by atomic mass is 19.1. The molecule has 0 saturated carbocycles. The standard InChI is InChI=1S/C23H21FN2O3/c1-2-22(27)25-19-8-6-15(7-9-19)21-13-17-14-26(11-10-20(17)29-21)23(28)16-4-3-5-18(24)12-16/h3-9,12-13H,2,10-11,14H2,1H3,(H,25,27). The second-order valence-electron chi connectivity index (χ2n) is 7.03. The molecule has 0 spiro atoms. The van der Waals surface area contributed by atoms with E-state index in [-0.39, 0.29) is 11.8 Å². The zero-order chi connectivity index (χ0) is 20.4. The first kappa shape index (κ1) is 18.9. The second-order valence-corrected chi connectivity index (χ2v) is 7.03. The maximum Gasteiger partial charge on any atom is 0.254 e. The quantitative estimate of drug-likeness (QED) is 0.704. The molecule has 0 saturated heterocycles. The summed E-state index contributed by atoms with van der Waals surface area (Å²) in [4.78, 5) is 25.9. The van der Waals surface area contributed by atoms with Crippen LogP contribution in [-0.2, 0) is 17.8 Å². The van der Waals surface area contributed by atoms with Gasteiger partial charge in [0.2, 0.25) is 5.91 Å². The summed E-state index contributed by atoms with van der Waals surface area (Å²) in [6, 6.07) is 15.2. The lowest BCUT2D eigenvalue weighted by Crippen LogP contribution is -2.35. The molecule has 1 aliphatic heterocycles. The van der Waals surface area contributed by atoms with E-state index in [1.54, 1.807) is 24.0 Å². The lowest BCUT2D eigenvalue weighted by molar-refractivity contribution is -0.115. The number of anilines is 1. The number of nitrogens with zero attached hydrogens (tertiary/aromatic N) is 1. The van der Waals surface area contributed by atoms with Crippen molar-refractivity contribution in [3.8, 4) is 11.3 Å². The summed E-state index contributed by atoms with van der Waals surface area (Å²) in [6.07, 6.45) is 1.04. The number of amides is 2. The first-order valence-corrected chi connectivity index (χ1v) is 9.60. The third kappa shape index (κ3) is 4.06. The summed E-state index contributed by atoms with van der Waals surface area (Å²) >= 11 is 0. The first-order chi connectivity index (χ1) is 14.0. The SMILES string of the molecule is CCC(=O)Nc1ccc(-c2cc3c(o2)CCN(C(=O)c2cccc(F)c2)C3)cc1. The van der Waals surface area contributed by atoms with Crippen LogP contribution in [0.1, 0.15) is 35.0 Å². The van der Waals surface area contributed by atoms with Crippen LogP contribution in [0.2, 0.25) is 0 Å². The largest absolute Gasteiger partial charge is 0.461 e. The third-order valence-corrected chi connectivity index (χ3v) is 5.00. The Hall–Kier alpha value is -3.41. The van der Waals surface area contributed by atoms with Gasteiger partial charge in [-0.1, -0.05) is 13.0 Å². The number of benzene rings is 2. The van der Waals surface area contributed by atoms with E-state index >= 15 is 0 Å². The third-order valence-electron chi connectivity index (χ3n) is 5.00. The molecule has 0 aliphatic carbocycles. The van der Waals surface area contributed by atoms with Gasteiger partial charge in [0.05, 0.1) is 0 Å². The van der Waals surface area contributed by atoms with Crippen molar-refractivity contribution in [3.05, 3.63) is 77.3 Å². The number of furan rings is 1. The molecule has 2 heterocycles. The van der Waals surface area contributed by atoms with Crippen LogP contribution in [0.3, 0.4) is 0 Å². The number of hydrogen-bond donors (Lipinski definition) is 1. The molecule has 0 radical (unpaired) electrons. The van der Waals surface area contributed by atoms with Gasteiger partial charge in [0, 0.05) is 48.3 Å². The van der Waals surface area contributed by atoms with Crippen molar-refractivity contribution in [1.82, 2.24) is 4.90 Å². The van der Waals surface area contributed by atoms with Crippen molar-refractivity contribution in [2.24, 2.45) is 0 Å². The van der Waals surface area contributed by atoms with Crippen LogP contribution in [0, 0.1) is 5.82 Å². The minimum absolute atomic E-state index is 0.0331. The van der Waals surface area contributed by atoms with Gasteiger partial charge in [-0.15, -0.1) is 0 Å². The smallest absolute Gasteiger partial charge is 0.254 e. The molecule has 1 N–H and O–H groups in total. The van der Waals surface area contributed by atoms with Gasteiger partial charge in [-0.05, 0) is 48.5 Å². The monoisotopic (exact) mass is 392 g/mol.